The quantitative estimate of drug-likeness (QED) is 0.464. The molecule has 0 bridgehead atoms. The topological polar surface area (TPSA) is 38.4 Å². The van der Waals surface area contributed by atoms with Crippen LogP contribution in [0.5, 0.6) is 0 Å². The third-order valence-corrected chi connectivity index (χ3v) is 1.50. The van der Waals surface area contributed by atoms with Crippen LogP contribution in [0.3, 0.4) is 0 Å². The smallest absolute Gasteiger partial charge is 0.243 e. The Morgan fingerprint density at radius 3 is 2.45 bits per heavy atom. The summed E-state index contributed by atoms with van der Waals surface area (Å²) in [6.45, 7) is 1.61. The van der Waals surface area contributed by atoms with Gasteiger partial charge in [0.25, 0.3) is 0 Å². The number of hydrogen-bond donors (Lipinski definition) is 1. The molecule has 0 aromatic rings. The van der Waals surface area contributed by atoms with Gasteiger partial charge in [0.1, 0.15) is 0 Å². The maximum absolute atomic E-state index is 11.8. The van der Waals surface area contributed by atoms with Crippen molar-refractivity contribution in [3.63, 3.8) is 0 Å². The molecule has 0 spiro atoms. The molecule has 0 amide bonds. The molecule has 0 aromatic carbocycles. The molecule has 11 heavy (non-hydrogen) atoms. The number of hydrogen-bond acceptors (Lipinski definition) is 1. The van der Waals surface area contributed by atoms with Crippen LogP contribution in [0.25, 0.3) is 0 Å². The molecule has 0 unspecified atom stereocenters. The summed E-state index contributed by atoms with van der Waals surface area (Å²) in [5.41, 5.74) is 5.20. The second-order valence-corrected chi connectivity index (χ2v) is 2.57. The van der Waals surface area contributed by atoms with E-state index in [0.29, 0.717) is 12.3 Å². The lowest BCUT2D eigenvalue weighted by atomic mass is 10.4. The molecule has 1 rings (SSSR count). The molecule has 0 aliphatic heterocycles. The van der Waals surface area contributed by atoms with Crippen LogP contribution < -0.4 is 5.73 Å². The van der Waals surface area contributed by atoms with E-state index in [-0.39, 0.29) is 30.0 Å². The van der Waals surface area contributed by atoms with Crippen molar-refractivity contribution in [2.24, 2.45) is 16.6 Å². The van der Waals surface area contributed by atoms with E-state index in [2.05, 4.69) is 4.99 Å². The number of amidine groups is 1. The van der Waals surface area contributed by atoms with Crippen molar-refractivity contribution in [1.29, 1.82) is 0 Å². The summed E-state index contributed by atoms with van der Waals surface area (Å²) in [7, 11) is 0. The Morgan fingerprint density at radius 1 is 1.64 bits per heavy atom. The number of nitrogens with zero attached hydrogens (tertiary/aromatic N) is 1. The van der Waals surface area contributed by atoms with Gasteiger partial charge in [-0.2, -0.15) is 0 Å². The highest BCUT2D eigenvalue weighted by molar-refractivity contribution is 14.0. The minimum atomic E-state index is -2.23. The van der Waals surface area contributed by atoms with Crippen molar-refractivity contribution in [2.75, 3.05) is 0 Å². The molecule has 0 radical (unpaired) electrons. The molecule has 2 atom stereocenters. The van der Waals surface area contributed by atoms with Gasteiger partial charge in [0.2, 0.25) is 6.43 Å². The van der Waals surface area contributed by atoms with Crippen molar-refractivity contribution >= 4 is 29.8 Å². The lowest BCUT2D eigenvalue weighted by Gasteiger charge is -1.92. The van der Waals surface area contributed by atoms with Crippen molar-refractivity contribution in [3.8, 4) is 0 Å². The third kappa shape index (κ3) is 3.31. The molecule has 1 fully saturated rings. The van der Waals surface area contributed by atoms with Crippen LogP contribution >= 0.6 is 24.0 Å². The van der Waals surface area contributed by atoms with Gasteiger partial charge in [0, 0.05) is 5.92 Å². The molecule has 5 heteroatoms. The van der Waals surface area contributed by atoms with Crippen LogP contribution in [-0.4, -0.2) is 18.3 Å². The Morgan fingerprint density at radius 2 is 2.18 bits per heavy atom. The van der Waals surface area contributed by atoms with E-state index in [1.165, 1.54) is 0 Å². The summed E-state index contributed by atoms with van der Waals surface area (Å²) in [6.07, 6.45) is -1.74. The number of nitrogens with two attached hydrogens (primary N) is 1. The van der Waals surface area contributed by atoms with E-state index in [0.717, 1.165) is 0 Å². The average Bonchev–Trinajstić information content (AvgIpc) is 2.43. The predicted octanol–water partition coefficient (Wildman–Crippen LogP) is 1.64. The van der Waals surface area contributed by atoms with Gasteiger partial charge in [-0.15, -0.1) is 24.0 Å². The molecule has 0 aromatic heterocycles. The summed E-state index contributed by atoms with van der Waals surface area (Å²) in [5.74, 6) is -0.133. The van der Waals surface area contributed by atoms with E-state index in [9.17, 15) is 8.78 Å². The first-order chi connectivity index (χ1) is 4.61. The zero-order valence-electron chi connectivity index (χ0n) is 6.13. The summed E-state index contributed by atoms with van der Waals surface area (Å²) < 4.78 is 23.6. The molecule has 0 saturated heterocycles. The fourth-order valence-corrected chi connectivity index (χ4v) is 0.881. The Bertz CT molecular complexity index is 157. The van der Waals surface area contributed by atoms with E-state index in [1.54, 1.807) is 6.92 Å². The van der Waals surface area contributed by atoms with Gasteiger partial charge in [-0.1, -0.05) is 0 Å². The maximum atomic E-state index is 11.8. The number of alkyl halides is 2. The average molecular weight is 276 g/mol. The zero-order valence-corrected chi connectivity index (χ0v) is 8.46. The molecule has 2 nitrogen and oxygen atoms in total. The van der Waals surface area contributed by atoms with Crippen LogP contribution in [0.2, 0.25) is 0 Å². The van der Waals surface area contributed by atoms with Gasteiger partial charge >= 0.3 is 0 Å². The summed E-state index contributed by atoms with van der Waals surface area (Å²) >= 11 is 0. The molecule has 1 aliphatic rings. The standard InChI is InChI=1S/C6H10F2N2.HI/c1-3(9)10-5-2-4(5)6(7)8;/h4-6H,2H2,1H3,(H2,9,10);1H/t4-,5-;/m0./s1. The van der Waals surface area contributed by atoms with Crippen LogP contribution in [0.4, 0.5) is 8.78 Å². The highest BCUT2D eigenvalue weighted by Crippen LogP contribution is 2.38. The second kappa shape index (κ2) is 4.18. The molecular weight excluding hydrogens is 265 g/mol. The van der Waals surface area contributed by atoms with Gasteiger partial charge in [0.15, 0.2) is 0 Å². The fourth-order valence-electron chi connectivity index (χ4n) is 0.881. The summed E-state index contributed by atoms with van der Waals surface area (Å²) in [4.78, 5) is 3.81. The number of aliphatic imine (C=N–C) groups is 1. The van der Waals surface area contributed by atoms with Gasteiger partial charge < -0.3 is 5.73 Å². The van der Waals surface area contributed by atoms with E-state index < -0.39 is 12.3 Å². The zero-order chi connectivity index (χ0) is 7.72. The van der Waals surface area contributed by atoms with Crippen LogP contribution in [0.15, 0.2) is 4.99 Å². The summed E-state index contributed by atoms with van der Waals surface area (Å²) in [5, 5.41) is 0. The third-order valence-electron chi connectivity index (χ3n) is 1.50. The van der Waals surface area contributed by atoms with Crippen LogP contribution in [0.1, 0.15) is 13.3 Å². The monoisotopic (exact) mass is 276 g/mol. The van der Waals surface area contributed by atoms with Crippen molar-refractivity contribution < 1.29 is 8.78 Å². The fraction of sp³-hybridized carbons (Fsp3) is 0.833. The number of rotatable bonds is 2. The first-order valence-corrected chi connectivity index (χ1v) is 3.19. The number of halogens is 3. The van der Waals surface area contributed by atoms with E-state index in [4.69, 9.17) is 5.73 Å². The minimum absolute atomic E-state index is 0. The normalized spacial score (nSPS) is 30.0. The molecule has 1 saturated carbocycles. The predicted molar refractivity (Wildman–Crippen MR) is 50.6 cm³/mol. The Balaban J connectivity index is 0.000001000. The highest BCUT2D eigenvalue weighted by atomic mass is 127. The van der Waals surface area contributed by atoms with Gasteiger partial charge in [0.05, 0.1) is 11.9 Å². The van der Waals surface area contributed by atoms with Gasteiger partial charge in [-0.05, 0) is 13.3 Å². The van der Waals surface area contributed by atoms with Crippen LogP contribution in [-0.2, 0) is 0 Å². The molecule has 66 valence electrons. The van der Waals surface area contributed by atoms with Crippen LogP contribution in [0, 0.1) is 5.92 Å². The minimum Gasteiger partial charge on any atom is -0.388 e. The SMILES string of the molecule is CC(N)=N[C@H]1C[C@@H]1C(F)F.I. The van der Waals surface area contributed by atoms with Gasteiger partial charge in [-0.25, -0.2) is 8.78 Å². The van der Waals surface area contributed by atoms with E-state index in [1.807, 2.05) is 0 Å². The molecule has 1 aliphatic carbocycles. The molecular formula is C6H11F2IN2. The van der Waals surface area contributed by atoms with E-state index >= 15 is 0 Å². The molecule has 0 heterocycles. The first-order valence-electron chi connectivity index (χ1n) is 3.19. The first kappa shape index (κ1) is 11.1. The van der Waals surface area contributed by atoms with Crippen molar-refractivity contribution in [3.05, 3.63) is 0 Å². The maximum Gasteiger partial charge on any atom is 0.243 e. The lowest BCUT2D eigenvalue weighted by molar-refractivity contribution is 0.121. The Hall–Kier alpha value is 0.0600. The van der Waals surface area contributed by atoms with Crippen molar-refractivity contribution in [2.45, 2.75) is 25.8 Å². The second-order valence-electron chi connectivity index (χ2n) is 2.57. The molecule has 2 N–H and O–H groups in total. The Labute approximate surface area is 81.3 Å². The van der Waals surface area contributed by atoms with Gasteiger partial charge in [-0.3, -0.25) is 4.99 Å². The van der Waals surface area contributed by atoms with Crippen molar-refractivity contribution in [1.82, 2.24) is 0 Å². The summed E-state index contributed by atoms with van der Waals surface area (Å²) in [6, 6.07) is -0.204. The Kier molecular flexibility index (Phi) is 4.20. The largest absolute Gasteiger partial charge is 0.388 e. The lowest BCUT2D eigenvalue weighted by Crippen LogP contribution is -2.08. The highest BCUT2D eigenvalue weighted by Gasteiger charge is 2.44.